The van der Waals surface area contributed by atoms with Crippen LogP contribution in [0.4, 0.5) is 0 Å². The molecule has 1 saturated heterocycles. The predicted octanol–water partition coefficient (Wildman–Crippen LogP) is 11.0. The van der Waals surface area contributed by atoms with Gasteiger partial charge in [0.2, 0.25) is 0 Å². The normalized spacial score (nSPS) is 20.5. The Bertz CT molecular complexity index is 2810. The minimum Gasteiger partial charge on any atom is -0.460 e. The molecule has 6 heteroatoms. The number of nitrogens with one attached hydrogen (secondary N) is 3. The van der Waals surface area contributed by atoms with Gasteiger partial charge in [0.25, 0.3) is 0 Å². The van der Waals surface area contributed by atoms with Gasteiger partial charge in [0, 0.05) is 44.0 Å². The molecule has 6 nitrogen and oxygen atoms in total. The van der Waals surface area contributed by atoms with Gasteiger partial charge in [0.15, 0.2) is 0 Å². The minimum absolute atomic E-state index is 0.0565. The smallest absolute Gasteiger partial charge is 0.139 e. The van der Waals surface area contributed by atoms with Gasteiger partial charge in [-0.1, -0.05) is 109 Å². The Morgan fingerprint density at radius 3 is 1.80 bits per heavy atom. The second-order valence-electron chi connectivity index (χ2n) is 13.7. The molecule has 0 bridgehead atoms. The fourth-order valence-electron chi connectivity index (χ4n) is 8.29. The highest BCUT2D eigenvalue weighted by Gasteiger charge is 2.32. The largest absolute Gasteiger partial charge is 0.460 e. The van der Waals surface area contributed by atoms with E-state index < -0.39 is 0 Å². The number of furan rings is 3. The van der Waals surface area contributed by atoms with Crippen molar-refractivity contribution < 1.29 is 13.3 Å². The third-order valence-corrected chi connectivity index (χ3v) is 10.8. The molecule has 0 amide bonds. The third kappa shape index (κ3) is 4.61. The number of hydrogen-bond donors (Lipinski definition) is 3. The summed E-state index contributed by atoms with van der Waals surface area (Å²) >= 11 is 0. The van der Waals surface area contributed by atoms with E-state index in [1.54, 1.807) is 0 Å². The van der Waals surface area contributed by atoms with Gasteiger partial charge in [-0.05, 0) is 59.5 Å². The molecule has 1 fully saturated rings. The maximum atomic E-state index is 6.72. The van der Waals surface area contributed by atoms with E-state index in [0.717, 1.165) is 89.3 Å². The molecule has 1 aliphatic heterocycles. The lowest BCUT2D eigenvalue weighted by Crippen LogP contribution is -2.54. The van der Waals surface area contributed by atoms with Crippen molar-refractivity contribution in [3.05, 3.63) is 173 Å². The molecule has 51 heavy (non-hydrogen) atoms. The molecule has 3 aromatic heterocycles. The molecule has 9 aromatic rings. The van der Waals surface area contributed by atoms with Gasteiger partial charge in [0.1, 0.15) is 33.7 Å². The molecule has 0 saturated carbocycles. The third-order valence-electron chi connectivity index (χ3n) is 10.8. The van der Waals surface area contributed by atoms with E-state index in [-0.39, 0.29) is 24.4 Å². The van der Waals surface area contributed by atoms with Crippen LogP contribution in [0, 0.1) is 0 Å². The second-order valence-corrected chi connectivity index (χ2v) is 13.7. The summed E-state index contributed by atoms with van der Waals surface area (Å²) in [6.07, 6.45) is 5.01. The first-order chi connectivity index (χ1) is 25.2. The Morgan fingerprint density at radius 1 is 0.451 bits per heavy atom. The molecule has 4 atom stereocenters. The Labute approximate surface area is 293 Å². The van der Waals surface area contributed by atoms with Crippen molar-refractivity contribution in [2.75, 3.05) is 0 Å². The SMILES string of the molecule is C1=Cc2c(oc3ccc(C4NC(c5ccccc5)NC(c5ccc6oc7ccccc7c6c5)N4)cc23)C(c2cccc3c2oc2ccccc23)C1. The summed E-state index contributed by atoms with van der Waals surface area (Å²) in [6.45, 7) is 0. The number of benzene rings is 6. The molecule has 1 aliphatic carbocycles. The van der Waals surface area contributed by atoms with Crippen molar-refractivity contribution in [3.63, 3.8) is 0 Å². The Hall–Kier alpha value is -5.92. The van der Waals surface area contributed by atoms with Gasteiger partial charge in [-0.2, -0.15) is 0 Å². The van der Waals surface area contributed by atoms with Gasteiger partial charge in [-0.3, -0.25) is 16.0 Å². The van der Waals surface area contributed by atoms with Crippen molar-refractivity contribution in [2.24, 2.45) is 0 Å². The van der Waals surface area contributed by atoms with Crippen molar-refractivity contribution in [2.45, 2.75) is 30.8 Å². The van der Waals surface area contributed by atoms with E-state index >= 15 is 0 Å². The van der Waals surface area contributed by atoms with Gasteiger partial charge in [-0.15, -0.1) is 0 Å². The summed E-state index contributed by atoms with van der Waals surface area (Å²) in [5.74, 6) is 1.05. The predicted molar refractivity (Wildman–Crippen MR) is 203 cm³/mol. The Kier molecular flexibility index (Phi) is 6.40. The van der Waals surface area contributed by atoms with Gasteiger partial charge in [-0.25, -0.2) is 0 Å². The van der Waals surface area contributed by atoms with E-state index in [1.807, 2.05) is 24.3 Å². The molecule has 0 radical (unpaired) electrons. The van der Waals surface area contributed by atoms with Crippen molar-refractivity contribution >= 4 is 60.9 Å². The lowest BCUT2D eigenvalue weighted by Gasteiger charge is -2.39. The average molecular weight is 664 g/mol. The molecule has 2 aliphatic rings. The standard InChI is InChI=1S/C45H33N3O3/c1-2-10-26(11-3-1)43-46-44(27-20-22-39-35(24-27)30-13-5-6-18-37(30)49-39)48-45(47-43)28-21-23-40-36(25-28)34-17-9-16-33(42(34)51-40)32-15-8-14-31-29-12-4-7-19-38(29)50-41(31)32/h1-15,17-25,33,43-48H,16H2. The maximum Gasteiger partial charge on any atom is 0.139 e. The van der Waals surface area contributed by atoms with Crippen LogP contribution in [0.25, 0.3) is 60.9 Å². The minimum atomic E-state index is -0.138. The fourth-order valence-corrected chi connectivity index (χ4v) is 8.29. The topological polar surface area (TPSA) is 75.5 Å². The first-order valence-corrected chi connectivity index (χ1v) is 17.6. The summed E-state index contributed by atoms with van der Waals surface area (Å²) in [5, 5.41) is 17.2. The number of rotatable bonds is 4. The summed E-state index contributed by atoms with van der Waals surface area (Å²) in [4.78, 5) is 0. The van der Waals surface area contributed by atoms with E-state index in [0.29, 0.717) is 0 Å². The summed E-state index contributed by atoms with van der Waals surface area (Å²) in [7, 11) is 0. The first kappa shape index (κ1) is 28.9. The Morgan fingerprint density at radius 2 is 1.04 bits per heavy atom. The highest BCUT2D eigenvalue weighted by molar-refractivity contribution is 6.06. The molecule has 4 heterocycles. The molecule has 4 unspecified atom stereocenters. The molecular formula is C45H33N3O3. The second kappa shape index (κ2) is 11.3. The summed E-state index contributed by atoms with van der Waals surface area (Å²) in [6, 6.07) is 46.6. The van der Waals surface area contributed by atoms with Crippen LogP contribution in [0.15, 0.2) is 153 Å². The average Bonchev–Trinajstić information content (AvgIpc) is 3.89. The molecular weight excluding hydrogens is 631 g/mol. The van der Waals surface area contributed by atoms with Crippen LogP contribution in [0.3, 0.4) is 0 Å². The van der Waals surface area contributed by atoms with Crippen LogP contribution < -0.4 is 16.0 Å². The van der Waals surface area contributed by atoms with Crippen molar-refractivity contribution in [1.82, 2.24) is 16.0 Å². The van der Waals surface area contributed by atoms with Gasteiger partial charge < -0.3 is 13.3 Å². The zero-order valence-electron chi connectivity index (χ0n) is 27.6. The Balaban J connectivity index is 0.987. The van der Waals surface area contributed by atoms with Crippen molar-refractivity contribution in [1.29, 1.82) is 0 Å². The quantitative estimate of drug-likeness (QED) is 0.174. The van der Waals surface area contributed by atoms with Gasteiger partial charge >= 0.3 is 0 Å². The van der Waals surface area contributed by atoms with Gasteiger partial charge in [0.05, 0.1) is 18.5 Å². The van der Waals surface area contributed by atoms with E-state index in [1.165, 1.54) is 5.56 Å². The van der Waals surface area contributed by atoms with Crippen LogP contribution in [0.2, 0.25) is 0 Å². The summed E-state index contributed by atoms with van der Waals surface area (Å²) in [5.41, 5.74) is 10.3. The molecule has 3 N–H and O–H groups in total. The van der Waals surface area contributed by atoms with Crippen LogP contribution in [0.1, 0.15) is 64.4 Å². The van der Waals surface area contributed by atoms with Crippen LogP contribution in [-0.4, -0.2) is 0 Å². The molecule has 0 spiro atoms. The van der Waals surface area contributed by atoms with Crippen LogP contribution >= 0.6 is 0 Å². The number of fused-ring (bicyclic) bond motifs is 9. The highest BCUT2D eigenvalue weighted by atomic mass is 16.3. The molecule has 6 aromatic carbocycles. The van der Waals surface area contributed by atoms with Crippen LogP contribution in [-0.2, 0) is 0 Å². The van der Waals surface area contributed by atoms with E-state index in [9.17, 15) is 0 Å². The lowest BCUT2D eigenvalue weighted by molar-refractivity contribution is 0.203. The maximum absolute atomic E-state index is 6.72. The zero-order chi connectivity index (χ0) is 33.5. The highest BCUT2D eigenvalue weighted by Crippen LogP contribution is 2.45. The molecule has 246 valence electrons. The monoisotopic (exact) mass is 663 g/mol. The van der Waals surface area contributed by atoms with Crippen LogP contribution in [0.5, 0.6) is 0 Å². The fraction of sp³-hybridized carbons (Fsp3) is 0.111. The summed E-state index contributed by atoms with van der Waals surface area (Å²) < 4.78 is 19.3. The van der Waals surface area contributed by atoms with E-state index in [2.05, 4.69) is 137 Å². The number of para-hydroxylation sites is 3. The van der Waals surface area contributed by atoms with Crippen molar-refractivity contribution in [3.8, 4) is 0 Å². The lowest BCUT2D eigenvalue weighted by atomic mass is 9.86. The van der Waals surface area contributed by atoms with E-state index in [4.69, 9.17) is 13.3 Å². The zero-order valence-corrected chi connectivity index (χ0v) is 27.6. The number of allylic oxidation sites excluding steroid dienone is 1. The first-order valence-electron chi connectivity index (χ1n) is 17.6. The molecule has 11 rings (SSSR count). The number of hydrogen-bond acceptors (Lipinski definition) is 6.